The number of ether oxygens (including phenoxy) is 2. The molecule has 0 unspecified atom stereocenters. The van der Waals surface area contributed by atoms with Gasteiger partial charge >= 0.3 is 0 Å². The van der Waals surface area contributed by atoms with Gasteiger partial charge in [-0.25, -0.2) is 4.39 Å². The number of Topliss-reactive ketones (excluding diaryl/α,β-unsaturated/α-hetero) is 1. The Morgan fingerprint density at radius 3 is 2.60 bits per heavy atom. The molecule has 0 aromatic heterocycles. The molecule has 0 saturated heterocycles. The summed E-state index contributed by atoms with van der Waals surface area (Å²) in [7, 11) is 3.02. The van der Waals surface area contributed by atoms with Crippen LogP contribution in [0.2, 0.25) is 0 Å². The Labute approximate surface area is 117 Å². The van der Waals surface area contributed by atoms with E-state index in [0.717, 1.165) is 5.56 Å². The summed E-state index contributed by atoms with van der Waals surface area (Å²) in [6.07, 6.45) is 0.164. The van der Waals surface area contributed by atoms with E-state index in [0.29, 0.717) is 11.5 Å². The van der Waals surface area contributed by atoms with Crippen molar-refractivity contribution in [2.45, 2.75) is 6.42 Å². The van der Waals surface area contributed by atoms with E-state index < -0.39 is 5.82 Å². The normalized spacial score (nSPS) is 10.2. The van der Waals surface area contributed by atoms with Crippen LogP contribution in [0.25, 0.3) is 0 Å². The third kappa shape index (κ3) is 3.15. The van der Waals surface area contributed by atoms with Crippen molar-refractivity contribution in [1.29, 1.82) is 0 Å². The molecule has 0 aliphatic rings. The van der Waals surface area contributed by atoms with Gasteiger partial charge in [0.2, 0.25) is 0 Å². The fourth-order valence-electron chi connectivity index (χ4n) is 1.96. The van der Waals surface area contributed by atoms with Crippen molar-refractivity contribution in [3.8, 4) is 11.5 Å². The van der Waals surface area contributed by atoms with E-state index in [9.17, 15) is 9.18 Å². The molecule has 20 heavy (non-hydrogen) atoms. The quantitative estimate of drug-likeness (QED) is 0.785. The molecule has 0 atom stereocenters. The second-order valence-corrected chi connectivity index (χ2v) is 4.30. The van der Waals surface area contributed by atoms with Crippen LogP contribution in [-0.2, 0) is 6.42 Å². The molecule has 2 rings (SSSR count). The molecular formula is C16H15FO3. The minimum Gasteiger partial charge on any atom is -0.497 e. The average molecular weight is 274 g/mol. The molecule has 0 heterocycles. The van der Waals surface area contributed by atoms with E-state index in [1.54, 1.807) is 19.2 Å². The standard InChI is InChI=1S/C16H15FO3/c1-19-13-5-3-4-11(8-13)9-15(18)14-10-12(17)6-7-16(14)20-2/h3-8,10H,9H2,1-2H3. The average Bonchev–Trinajstić information content (AvgIpc) is 2.47. The Hall–Kier alpha value is -2.36. The summed E-state index contributed by atoms with van der Waals surface area (Å²) in [6, 6.07) is 11.1. The maximum absolute atomic E-state index is 13.3. The molecule has 0 aliphatic heterocycles. The zero-order valence-corrected chi connectivity index (χ0v) is 11.4. The fraction of sp³-hybridized carbons (Fsp3) is 0.188. The topological polar surface area (TPSA) is 35.5 Å². The lowest BCUT2D eigenvalue weighted by molar-refractivity contribution is 0.0989. The van der Waals surface area contributed by atoms with E-state index in [1.807, 2.05) is 12.1 Å². The summed E-state index contributed by atoms with van der Waals surface area (Å²) in [5.41, 5.74) is 1.05. The first-order chi connectivity index (χ1) is 9.63. The van der Waals surface area contributed by atoms with E-state index in [-0.39, 0.29) is 17.8 Å². The highest BCUT2D eigenvalue weighted by atomic mass is 19.1. The fourth-order valence-corrected chi connectivity index (χ4v) is 1.96. The van der Waals surface area contributed by atoms with Gasteiger partial charge in [-0.15, -0.1) is 0 Å². The van der Waals surface area contributed by atoms with Crippen LogP contribution in [0.4, 0.5) is 4.39 Å². The highest BCUT2D eigenvalue weighted by molar-refractivity contribution is 6.00. The maximum Gasteiger partial charge on any atom is 0.171 e. The minimum absolute atomic E-state index is 0.164. The van der Waals surface area contributed by atoms with Crippen LogP contribution >= 0.6 is 0 Å². The third-order valence-electron chi connectivity index (χ3n) is 2.96. The molecule has 0 N–H and O–H groups in total. The highest BCUT2D eigenvalue weighted by Crippen LogP contribution is 2.22. The van der Waals surface area contributed by atoms with Gasteiger partial charge in [0.15, 0.2) is 5.78 Å². The molecule has 104 valence electrons. The monoisotopic (exact) mass is 274 g/mol. The lowest BCUT2D eigenvalue weighted by Gasteiger charge is -2.08. The van der Waals surface area contributed by atoms with Gasteiger partial charge in [-0.2, -0.15) is 0 Å². The van der Waals surface area contributed by atoms with Crippen LogP contribution in [-0.4, -0.2) is 20.0 Å². The van der Waals surface area contributed by atoms with Crippen molar-refractivity contribution in [3.63, 3.8) is 0 Å². The second-order valence-electron chi connectivity index (χ2n) is 4.30. The van der Waals surface area contributed by atoms with Crippen LogP contribution < -0.4 is 9.47 Å². The van der Waals surface area contributed by atoms with Crippen molar-refractivity contribution in [2.75, 3.05) is 14.2 Å². The van der Waals surface area contributed by atoms with Gasteiger partial charge in [-0.05, 0) is 35.9 Å². The number of hydrogen-bond acceptors (Lipinski definition) is 3. The smallest absolute Gasteiger partial charge is 0.171 e. The zero-order chi connectivity index (χ0) is 14.5. The molecule has 0 bridgehead atoms. The number of methoxy groups -OCH3 is 2. The summed E-state index contributed by atoms with van der Waals surface area (Å²) in [4.78, 5) is 12.3. The maximum atomic E-state index is 13.3. The third-order valence-corrected chi connectivity index (χ3v) is 2.96. The number of rotatable bonds is 5. The van der Waals surface area contributed by atoms with Gasteiger partial charge in [0.25, 0.3) is 0 Å². The van der Waals surface area contributed by atoms with Crippen molar-refractivity contribution < 1.29 is 18.7 Å². The number of benzene rings is 2. The molecule has 4 heteroatoms. The molecule has 0 fully saturated rings. The first-order valence-corrected chi connectivity index (χ1v) is 6.13. The van der Waals surface area contributed by atoms with Gasteiger partial charge in [0.1, 0.15) is 17.3 Å². The van der Waals surface area contributed by atoms with Crippen LogP contribution in [0.3, 0.4) is 0 Å². The van der Waals surface area contributed by atoms with Crippen LogP contribution in [0, 0.1) is 5.82 Å². The molecule has 0 amide bonds. The summed E-state index contributed by atoms with van der Waals surface area (Å²) >= 11 is 0. The van der Waals surface area contributed by atoms with Gasteiger partial charge < -0.3 is 9.47 Å². The number of halogens is 1. The lowest BCUT2D eigenvalue weighted by Crippen LogP contribution is -2.06. The Balaban J connectivity index is 2.25. The number of carbonyl (C=O) groups is 1. The lowest BCUT2D eigenvalue weighted by atomic mass is 10.0. The Bertz CT molecular complexity index is 623. The Kier molecular flexibility index (Phi) is 4.35. The molecule has 0 aliphatic carbocycles. The SMILES string of the molecule is COc1cccc(CC(=O)c2cc(F)ccc2OC)c1. The van der Waals surface area contributed by atoms with Gasteiger partial charge in [-0.1, -0.05) is 12.1 Å². The first kappa shape index (κ1) is 14.1. The van der Waals surface area contributed by atoms with E-state index in [1.165, 1.54) is 25.3 Å². The summed E-state index contributed by atoms with van der Waals surface area (Å²) < 4.78 is 23.5. The molecular weight excluding hydrogens is 259 g/mol. The molecule has 3 nitrogen and oxygen atoms in total. The van der Waals surface area contributed by atoms with Gasteiger partial charge in [0.05, 0.1) is 19.8 Å². The number of ketones is 1. The van der Waals surface area contributed by atoms with E-state index >= 15 is 0 Å². The van der Waals surface area contributed by atoms with Crippen molar-refractivity contribution >= 4 is 5.78 Å². The molecule has 0 saturated carbocycles. The van der Waals surface area contributed by atoms with E-state index in [4.69, 9.17) is 9.47 Å². The minimum atomic E-state index is -0.459. The molecule has 2 aromatic carbocycles. The summed E-state index contributed by atoms with van der Waals surface area (Å²) in [5, 5.41) is 0. The van der Waals surface area contributed by atoms with Crippen LogP contribution in [0.1, 0.15) is 15.9 Å². The predicted octanol–water partition coefficient (Wildman–Crippen LogP) is 3.27. The summed E-state index contributed by atoms with van der Waals surface area (Å²) in [6.45, 7) is 0. The Morgan fingerprint density at radius 2 is 1.90 bits per heavy atom. The predicted molar refractivity (Wildman–Crippen MR) is 74.0 cm³/mol. The second kappa shape index (κ2) is 6.19. The zero-order valence-electron chi connectivity index (χ0n) is 11.4. The molecule has 0 spiro atoms. The largest absolute Gasteiger partial charge is 0.497 e. The number of carbonyl (C=O) groups excluding carboxylic acids is 1. The van der Waals surface area contributed by atoms with Crippen LogP contribution in [0.5, 0.6) is 11.5 Å². The van der Waals surface area contributed by atoms with Gasteiger partial charge in [-0.3, -0.25) is 4.79 Å². The first-order valence-electron chi connectivity index (χ1n) is 6.13. The number of hydrogen-bond donors (Lipinski definition) is 0. The van der Waals surface area contributed by atoms with Crippen molar-refractivity contribution in [3.05, 3.63) is 59.4 Å². The summed E-state index contributed by atoms with van der Waals surface area (Å²) in [5.74, 6) is 0.398. The Morgan fingerprint density at radius 1 is 1.10 bits per heavy atom. The van der Waals surface area contributed by atoms with Crippen LogP contribution in [0.15, 0.2) is 42.5 Å². The van der Waals surface area contributed by atoms with Crippen molar-refractivity contribution in [1.82, 2.24) is 0 Å². The van der Waals surface area contributed by atoms with Gasteiger partial charge in [0, 0.05) is 6.42 Å². The van der Waals surface area contributed by atoms with Crippen molar-refractivity contribution in [2.24, 2.45) is 0 Å². The van der Waals surface area contributed by atoms with E-state index in [2.05, 4.69) is 0 Å². The molecule has 0 radical (unpaired) electrons. The molecule has 2 aromatic rings. The highest BCUT2D eigenvalue weighted by Gasteiger charge is 2.14.